The molecule has 1 aromatic carbocycles. The molecule has 0 saturated heterocycles. The topological polar surface area (TPSA) is 84.2 Å². The quantitative estimate of drug-likeness (QED) is 0.758. The summed E-state index contributed by atoms with van der Waals surface area (Å²) in [5.41, 5.74) is 1.93. The lowest BCUT2D eigenvalue weighted by atomic mass is 10.1. The van der Waals surface area contributed by atoms with Gasteiger partial charge in [0.05, 0.1) is 5.52 Å². The molecule has 0 aliphatic carbocycles. The second-order valence-electron chi connectivity index (χ2n) is 5.92. The Hall–Kier alpha value is -3.15. The van der Waals surface area contributed by atoms with Crippen molar-refractivity contribution in [2.45, 2.75) is 19.9 Å². The standard InChI is InChI=1S/C18H15N3O3/c1-10-5-7-19-13(9-10)20-17(23)14-16(22)12-4-2-3-11-6-8-21(15(11)12)18(14)24/h2-5,7,9,22H,6,8H2,1H3,(H,19,20,23). The van der Waals surface area contributed by atoms with Crippen LogP contribution in [-0.4, -0.2) is 20.6 Å². The second-order valence-corrected chi connectivity index (χ2v) is 5.92. The van der Waals surface area contributed by atoms with Crippen molar-refractivity contribution in [1.82, 2.24) is 9.55 Å². The molecule has 1 amide bonds. The molecule has 120 valence electrons. The Morgan fingerprint density at radius 1 is 1.33 bits per heavy atom. The first-order valence-electron chi connectivity index (χ1n) is 7.67. The molecule has 2 N–H and O–H groups in total. The third-order valence-corrected chi connectivity index (χ3v) is 4.33. The van der Waals surface area contributed by atoms with Crippen molar-refractivity contribution < 1.29 is 9.90 Å². The predicted octanol–water partition coefficient (Wildman–Crippen LogP) is 2.22. The van der Waals surface area contributed by atoms with Crippen molar-refractivity contribution in [2.75, 3.05) is 5.32 Å². The maximum atomic E-state index is 12.7. The molecule has 0 unspecified atom stereocenters. The highest BCUT2D eigenvalue weighted by atomic mass is 16.3. The van der Waals surface area contributed by atoms with E-state index in [1.807, 2.05) is 19.1 Å². The summed E-state index contributed by atoms with van der Waals surface area (Å²) in [7, 11) is 0. The van der Waals surface area contributed by atoms with E-state index in [4.69, 9.17) is 0 Å². The lowest BCUT2D eigenvalue weighted by molar-refractivity contribution is 0.102. The number of carbonyl (C=O) groups is 1. The van der Waals surface area contributed by atoms with Crippen LogP contribution in [0, 0.1) is 6.92 Å². The van der Waals surface area contributed by atoms with E-state index in [0.29, 0.717) is 23.3 Å². The number of nitrogens with one attached hydrogen (secondary N) is 1. The van der Waals surface area contributed by atoms with Crippen LogP contribution < -0.4 is 10.9 Å². The number of benzene rings is 1. The van der Waals surface area contributed by atoms with Gasteiger partial charge in [-0.3, -0.25) is 9.59 Å². The normalized spacial score (nSPS) is 12.5. The van der Waals surface area contributed by atoms with Gasteiger partial charge in [-0.25, -0.2) is 4.98 Å². The summed E-state index contributed by atoms with van der Waals surface area (Å²) in [6.07, 6.45) is 2.29. The van der Waals surface area contributed by atoms with Gasteiger partial charge < -0.3 is 15.0 Å². The van der Waals surface area contributed by atoms with Gasteiger partial charge in [0, 0.05) is 18.1 Å². The van der Waals surface area contributed by atoms with E-state index in [9.17, 15) is 14.7 Å². The van der Waals surface area contributed by atoms with Gasteiger partial charge in [0.2, 0.25) is 0 Å². The molecule has 6 nitrogen and oxygen atoms in total. The SMILES string of the molecule is Cc1ccnc(NC(=O)c2c(O)c3cccc4c3n(c2=O)CC4)c1. The van der Waals surface area contributed by atoms with Gasteiger partial charge in [-0.15, -0.1) is 0 Å². The summed E-state index contributed by atoms with van der Waals surface area (Å²) in [6.45, 7) is 2.39. The maximum absolute atomic E-state index is 12.7. The summed E-state index contributed by atoms with van der Waals surface area (Å²) < 4.78 is 1.56. The molecule has 0 atom stereocenters. The zero-order valence-electron chi connectivity index (χ0n) is 13.0. The molecular formula is C18H15N3O3. The Bertz CT molecular complexity index is 1050. The first-order valence-corrected chi connectivity index (χ1v) is 7.67. The number of hydrogen-bond acceptors (Lipinski definition) is 4. The Morgan fingerprint density at radius 3 is 2.96 bits per heavy atom. The predicted molar refractivity (Wildman–Crippen MR) is 90.5 cm³/mol. The number of nitrogens with zero attached hydrogens (tertiary/aromatic N) is 2. The highest BCUT2D eigenvalue weighted by Gasteiger charge is 2.26. The van der Waals surface area contributed by atoms with Crippen LogP contribution in [0.25, 0.3) is 10.9 Å². The van der Waals surface area contributed by atoms with E-state index >= 15 is 0 Å². The molecule has 2 aromatic heterocycles. The van der Waals surface area contributed by atoms with E-state index < -0.39 is 11.5 Å². The van der Waals surface area contributed by atoms with Crippen molar-refractivity contribution in [3.05, 3.63) is 63.6 Å². The van der Waals surface area contributed by atoms with Crippen molar-refractivity contribution in [3.63, 3.8) is 0 Å². The van der Waals surface area contributed by atoms with E-state index in [2.05, 4.69) is 10.3 Å². The Labute approximate surface area is 137 Å². The molecule has 0 radical (unpaired) electrons. The van der Waals surface area contributed by atoms with E-state index in [1.54, 1.807) is 29.0 Å². The lowest BCUT2D eigenvalue weighted by Crippen LogP contribution is -2.28. The minimum absolute atomic E-state index is 0.246. The molecule has 6 heteroatoms. The van der Waals surface area contributed by atoms with Crippen LogP contribution in [-0.2, 0) is 13.0 Å². The highest BCUT2D eigenvalue weighted by molar-refractivity contribution is 6.09. The third kappa shape index (κ3) is 2.07. The zero-order valence-corrected chi connectivity index (χ0v) is 13.0. The first-order chi connectivity index (χ1) is 11.6. The van der Waals surface area contributed by atoms with Crippen molar-refractivity contribution in [1.29, 1.82) is 0 Å². The number of hydrogen-bond donors (Lipinski definition) is 2. The lowest BCUT2D eigenvalue weighted by Gasteiger charge is -2.11. The van der Waals surface area contributed by atoms with Crippen LogP contribution in [0.1, 0.15) is 21.5 Å². The van der Waals surface area contributed by atoms with Gasteiger partial charge in [0.25, 0.3) is 11.5 Å². The number of aryl methyl sites for hydroxylation is 3. The molecule has 4 rings (SSSR count). The maximum Gasteiger partial charge on any atom is 0.267 e. The van der Waals surface area contributed by atoms with Crippen molar-refractivity contribution in [2.24, 2.45) is 0 Å². The average Bonchev–Trinajstić information content (AvgIpc) is 2.98. The molecule has 0 bridgehead atoms. The summed E-state index contributed by atoms with van der Waals surface area (Å²) >= 11 is 0. The number of anilines is 1. The summed E-state index contributed by atoms with van der Waals surface area (Å²) in [4.78, 5) is 29.3. The summed E-state index contributed by atoms with van der Waals surface area (Å²) in [5, 5.41) is 13.6. The number of rotatable bonds is 2. The average molecular weight is 321 g/mol. The molecule has 0 spiro atoms. The van der Waals surface area contributed by atoms with Gasteiger partial charge in [-0.05, 0) is 42.7 Å². The molecule has 1 aliphatic rings. The Balaban J connectivity index is 1.86. The number of pyridine rings is 2. The van der Waals surface area contributed by atoms with Gasteiger partial charge in [-0.2, -0.15) is 0 Å². The number of carbonyl (C=O) groups excluding carboxylic acids is 1. The van der Waals surface area contributed by atoms with Gasteiger partial charge in [-0.1, -0.05) is 12.1 Å². The molecule has 3 aromatic rings. The molecule has 3 heterocycles. The van der Waals surface area contributed by atoms with Crippen LogP contribution in [0.5, 0.6) is 5.75 Å². The van der Waals surface area contributed by atoms with Gasteiger partial charge in [0.1, 0.15) is 17.1 Å². The molecular weight excluding hydrogens is 306 g/mol. The van der Waals surface area contributed by atoms with Gasteiger partial charge >= 0.3 is 0 Å². The van der Waals surface area contributed by atoms with E-state index in [0.717, 1.165) is 17.5 Å². The van der Waals surface area contributed by atoms with Gasteiger partial charge in [0.15, 0.2) is 0 Å². The fourth-order valence-electron chi connectivity index (χ4n) is 3.21. The molecule has 1 aliphatic heterocycles. The first kappa shape index (κ1) is 14.4. The molecule has 0 fully saturated rings. The minimum Gasteiger partial charge on any atom is -0.506 e. The van der Waals surface area contributed by atoms with Crippen LogP contribution in [0.3, 0.4) is 0 Å². The highest BCUT2D eigenvalue weighted by Crippen LogP contribution is 2.32. The largest absolute Gasteiger partial charge is 0.506 e. The van der Waals surface area contributed by atoms with Crippen LogP contribution in [0.4, 0.5) is 5.82 Å². The monoisotopic (exact) mass is 321 g/mol. The smallest absolute Gasteiger partial charge is 0.267 e. The summed E-state index contributed by atoms with van der Waals surface area (Å²) in [5.74, 6) is -0.590. The number of para-hydroxylation sites is 1. The Kier molecular flexibility index (Phi) is 3.13. The van der Waals surface area contributed by atoms with E-state index in [1.165, 1.54) is 0 Å². The zero-order chi connectivity index (χ0) is 16.8. The second kappa shape index (κ2) is 5.19. The van der Waals surface area contributed by atoms with Crippen LogP contribution >= 0.6 is 0 Å². The number of amides is 1. The Morgan fingerprint density at radius 2 is 2.17 bits per heavy atom. The summed E-state index contributed by atoms with van der Waals surface area (Å²) in [6, 6.07) is 8.98. The van der Waals surface area contributed by atoms with Crippen molar-refractivity contribution in [3.8, 4) is 5.75 Å². The third-order valence-electron chi connectivity index (χ3n) is 4.33. The number of aromatic nitrogens is 2. The molecule has 24 heavy (non-hydrogen) atoms. The van der Waals surface area contributed by atoms with Crippen LogP contribution in [0.2, 0.25) is 0 Å². The minimum atomic E-state index is -0.654. The number of aromatic hydroxyl groups is 1. The fraction of sp³-hybridized carbons (Fsp3) is 0.167. The van der Waals surface area contributed by atoms with Crippen molar-refractivity contribution >= 4 is 22.6 Å². The molecule has 0 saturated carbocycles. The van der Waals surface area contributed by atoms with Crippen LogP contribution in [0.15, 0.2) is 41.3 Å². The fourth-order valence-corrected chi connectivity index (χ4v) is 3.21. The van der Waals surface area contributed by atoms with E-state index in [-0.39, 0.29) is 11.3 Å².